The van der Waals surface area contributed by atoms with Crippen LogP contribution >= 0.6 is 0 Å². The van der Waals surface area contributed by atoms with Crippen LogP contribution in [0.15, 0.2) is 48.5 Å². The first-order valence-corrected chi connectivity index (χ1v) is 9.61. The van der Waals surface area contributed by atoms with Crippen LogP contribution in [0.3, 0.4) is 0 Å². The van der Waals surface area contributed by atoms with E-state index in [0.29, 0.717) is 31.7 Å². The van der Waals surface area contributed by atoms with Crippen molar-refractivity contribution in [3.63, 3.8) is 0 Å². The van der Waals surface area contributed by atoms with Gasteiger partial charge in [-0.05, 0) is 42.2 Å². The number of fused-ring (bicyclic) bond motifs is 1. The molecule has 3 rings (SSSR count). The minimum absolute atomic E-state index is 0.0571. The van der Waals surface area contributed by atoms with Gasteiger partial charge in [0, 0.05) is 31.6 Å². The van der Waals surface area contributed by atoms with Gasteiger partial charge < -0.3 is 20.1 Å². The molecule has 0 bridgehead atoms. The number of benzene rings is 2. The van der Waals surface area contributed by atoms with Crippen LogP contribution in [0.25, 0.3) is 0 Å². The molecule has 0 aliphatic carbocycles. The third-order valence-corrected chi connectivity index (χ3v) is 4.78. The molecule has 0 unspecified atom stereocenters. The Bertz CT molecular complexity index is 879. The Morgan fingerprint density at radius 3 is 2.59 bits per heavy atom. The molecule has 0 atom stereocenters. The predicted octanol–water partition coefficient (Wildman–Crippen LogP) is 2.18. The third kappa shape index (κ3) is 5.81. The molecule has 2 amide bonds. The molecule has 7 heteroatoms. The molecule has 2 N–H and O–H groups in total. The SMILES string of the molecule is O=C(O)COc1ccc(CCNC(=O)CCN2C(=O)CCc3ccccc32)cc1. The van der Waals surface area contributed by atoms with E-state index in [1.165, 1.54) is 0 Å². The number of para-hydroxylation sites is 1. The molecule has 0 spiro atoms. The molecular weight excluding hydrogens is 372 g/mol. The van der Waals surface area contributed by atoms with Crippen LogP contribution in [0.5, 0.6) is 5.75 Å². The number of aryl methyl sites for hydroxylation is 1. The minimum atomic E-state index is -1.02. The van der Waals surface area contributed by atoms with E-state index in [1.54, 1.807) is 17.0 Å². The molecule has 0 aromatic heterocycles. The smallest absolute Gasteiger partial charge is 0.341 e. The third-order valence-electron chi connectivity index (χ3n) is 4.78. The van der Waals surface area contributed by atoms with Crippen LogP contribution in [0.2, 0.25) is 0 Å². The molecule has 0 saturated heterocycles. The minimum Gasteiger partial charge on any atom is -0.482 e. The zero-order chi connectivity index (χ0) is 20.6. The van der Waals surface area contributed by atoms with Crippen LogP contribution in [-0.2, 0) is 27.2 Å². The number of anilines is 1. The molecule has 1 heterocycles. The van der Waals surface area contributed by atoms with Crippen molar-refractivity contribution in [2.45, 2.75) is 25.7 Å². The lowest BCUT2D eigenvalue weighted by molar-refractivity contribution is -0.139. The van der Waals surface area contributed by atoms with Gasteiger partial charge in [0.15, 0.2) is 6.61 Å². The second kappa shape index (κ2) is 9.73. The molecular formula is C22H24N2O5. The Labute approximate surface area is 169 Å². The normalized spacial score (nSPS) is 13.0. The van der Waals surface area contributed by atoms with Crippen molar-refractivity contribution in [3.8, 4) is 5.75 Å². The lowest BCUT2D eigenvalue weighted by Crippen LogP contribution is -2.38. The monoisotopic (exact) mass is 396 g/mol. The van der Waals surface area contributed by atoms with Crippen LogP contribution in [0.4, 0.5) is 5.69 Å². The number of carbonyl (C=O) groups is 3. The number of nitrogens with zero attached hydrogens (tertiary/aromatic N) is 1. The van der Waals surface area contributed by atoms with Gasteiger partial charge in [0.2, 0.25) is 11.8 Å². The Kier molecular flexibility index (Phi) is 6.84. The molecule has 2 aromatic carbocycles. The maximum Gasteiger partial charge on any atom is 0.341 e. The largest absolute Gasteiger partial charge is 0.482 e. The van der Waals surface area contributed by atoms with Gasteiger partial charge in [-0.2, -0.15) is 0 Å². The molecule has 2 aromatic rings. The van der Waals surface area contributed by atoms with Gasteiger partial charge in [-0.25, -0.2) is 4.79 Å². The first kappa shape index (κ1) is 20.4. The Hall–Kier alpha value is -3.35. The van der Waals surface area contributed by atoms with Crippen molar-refractivity contribution in [2.75, 3.05) is 24.6 Å². The number of carboxylic acids is 1. The number of ether oxygens (including phenoxy) is 1. The van der Waals surface area contributed by atoms with E-state index in [-0.39, 0.29) is 24.8 Å². The summed E-state index contributed by atoms with van der Waals surface area (Å²) in [4.78, 5) is 36.6. The topological polar surface area (TPSA) is 95.9 Å². The summed E-state index contributed by atoms with van der Waals surface area (Å²) in [5.41, 5.74) is 3.05. The van der Waals surface area contributed by atoms with Crippen LogP contribution < -0.4 is 15.0 Å². The molecule has 7 nitrogen and oxygen atoms in total. The molecule has 29 heavy (non-hydrogen) atoms. The van der Waals surface area contributed by atoms with Crippen molar-refractivity contribution >= 4 is 23.5 Å². The Morgan fingerprint density at radius 1 is 1.07 bits per heavy atom. The Morgan fingerprint density at radius 2 is 1.83 bits per heavy atom. The highest BCUT2D eigenvalue weighted by molar-refractivity contribution is 5.97. The van der Waals surface area contributed by atoms with Gasteiger partial charge >= 0.3 is 5.97 Å². The van der Waals surface area contributed by atoms with Gasteiger partial charge in [0.05, 0.1) is 0 Å². The summed E-state index contributed by atoms with van der Waals surface area (Å²) in [5, 5.41) is 11.5. The first-order valence-electron chi connectivity index (χ1n) is 9.61. The lowest BCUT2D eigenvalue weighted by Gasteiger charge is -2.29. The first-order chi connectivity index (χ1) is 14.0. The van der Waals surface area contributed by atoms with Crippen LogP contribution in [0, 0.1) is 0 Å². The van der Waals surface area contributed by atoms with E-state index in [1.807, 2.05) is 36.4 Å². The predicted molar refractivity (Wildman–Crippen MR) is 108 cm³/mol. The average Bonchev–Trinajstić information content (AvgIpc) is 2.72. The van der Waals surface area contributed by atoms with Crippen LogP contribution in [0.1, 0.15) is 24.0 Å². The zero-order valence-corrected chi connectivity index (χ0v) is 16.1. The number of hydrogen-bond acceptors (Lipinski definition) is 4. The van der Waals surface area contributed by atoms with Crippen molar-refractivity contribution in [2.24, 2.45) is 0 Å². The summed E-state index contributed by atoms with van der Waals surface area (Å²) in [6, 6.07) is 14.9. The van der Waals surface area contributed by atoms with E-state index in [4.69, 9.17) is 9.84 Å². The lowest BCUT2D eigenvalue weighted by atomic mass is 10.0. The van der Waals surface area contributed by atoms with Gasteiger partial charge in [-0.15, -0.1) is 0 Å². The molecule has 0 fully saturated rings. The highest BCUT2D eigenvalue weighted by atomic mass is 16.5. The standard InChI is InChI=1S/C22H24N2O5/c25-20(12-14-24-19-4-2-1-3-17(19)7-10-21(24)26)23-13-11-16-5-8-18(9-6-16)29-15-22(27)28/h1-6,8-9H,7,10-15H2,(H,23,25)(H,27,28). The molecule has 0 saturated carbocycles. The highest BCUT2D eigenvalue weighted by Gasteiger charge is 2.23. The summed E-state index contributed by atoms with van der Waals surface area (Å²) in [7, 11) is 0. The van der Waals surface area contributed by atoms with Crippen molar-refractivity contribution in [1.29, 1.82) is 0 Å². The summed E-state index contributed by atoms with van der Waals surface area (Å²) < 4.78 is 5.09. The molecule has 152 valence electrons. The van der Waals surface area contributed by atoms with Crippen LogP contribution in [-0.4, -0.2) is 42.6 Å². The number of carbonyl (C=O) groups excluding carboxylic acids is 2. The summed E-state index contributed by atoms with van der Waals surface area (Å²) in [5.74, 6) is -0.567. The average molecular weight is 396 g/mol. The number of hydrogen-bond donors (Lipinski definition) is 2. The van der Waals surface area contributed by atoms with E-state index in [2.05, 4.69) is 5.32 Å². The summed E-state index contributed by atoms with van der Waals surface area (Å²) in [6.45, 7) is 0.482. The quantitative estimate of drug-likeness (QED) is 0.677. The molecule has 0 radical (unpaired) electrons. The van der Waals surface area contributed by atoms with Gasteiger partial charge in [-0.1, -0.05) is 30.3 Å². The maximum atomic E-state index is 12.2. The van der Waals surface area contributed by atoms with Crippen molar-refractivity contribution < 1.29 is 24.2 Å². The van der Waals surface area contributed by atoms with Gasteiger partial charge in [-0.3, -0.25) is 9.59 Å². The number of amides is 2. The fourth-order valence-electron chi connectivity index (χ4n) is 3.29. The number of aliphatic carboxylic acids is 1. The van der Waals surface area contributed by atoms with E-state index in [0.717, 1.165) is 23.2 Å². The van der Waals surface area contributed by atoms with E-state index < -0.39 is 5.97 Å². The second-order valence-electron chi connectivity index (χ2n) is 6.85. The Balaban J connectivity index is 1.41. The molecule has 1 aliphatic heterocycles. The maximum absolute atomic E-state index is 12.2. The number of nitrogens with one attached hydrogen (secondary N) is 1. The molecule has 1 aliphatic rings. The zero-order valence-electron chi connectivity index (χ0n) is 16.1. The summed E-state index contributed by atoms with van der Waals surface area (Å²) >= 11 is 0. The van der Waals surface area contributed by atoms with Crippen molar-refractivity contribution in [1.82, 2.24) is 5.32 Å². The second-order valence-corrected chi connectivity index (χ2v) is 6.85. The highest BCUT2D eigenvalue weighted by Crippen LogP contribution is 2.27. The van der Waals surface area contributed by atoms with E-state index in [9.17, 15) is 14.4 Å². The van der Waals surface area contributed by atoms with Gasteiger partial charge in [0.25, 0.3) is 0 Å². The summed E-state index contributed by atoms with van der Waals surface area (Å²) in [6.07, 6.45) is 2.13. The fraction of sp³-hybridized carbons (Fsp3) is 0.318. The van der Waals surface area contributed by atoms with Gasteiger partial charge in [0.1, 0.15) is 5.75 Å². The fourth-order valence-corrected chi connectivity index (χ4v) is 3.29. The number of rotatable bonds is 9. The van der Waals surface area contributed by atoms with E-state index >= 15 is 0 Å². The number of carboxylic acid groups (broad SMARTS) is 1. The van der Waals surface area contributed by atoms with Crippen molar-refractivity contribution in [3.05, 3.63) is 59.7 Å².